The molecule has 1 aliphatic rings. The Morgan fingerprint density at radius 2 is 1.94 bits per heavy atom. The molecule has 0 fully saturated rings. The standard InChI is InChI=1S/C18H23Cl2N3O3.C5H10O/c1-11(3-4-12-5-6-14(19)15(20)9-12)22-17(25)13-10-23(8-7-21-2)18(26)16(13)24;1-5(2)3-4-6/h5-6,9,11,21,24H,3-4,7-8,10H2,1-2H3,(H,22,25);4-5H,3H2,1-2H3. The van der Waals surface area contributed by atoms with E-state index in [0.29, 0.717) is 41.9 Å². The van der Waals surface area contributed by atoms with Crippen molar-refractivity contribution in [2.24, 2.45) is 5.92 Å². The van der Waals surface area contributed by atoms with Crippen LogP contribution >= 0.6 is 23.2 Å². The largest absolute Gasteiger partial charge is 0.503 e. The van der Waals surface area contributed by atoms with Crippen molar-refractivity contribution in [3.05, 3.63) is 45.1 Å². The molecule has 0 radical (unpaired) electrons. The fourth-order valence-electron chi connectivity index (χ4n) is 2.88. The van der Waals surface area contributed by atoms with Gasteiger partial charge in [-0.3, -0.25) is 9.59 Å². The van der Waals surface area contributed by atoms with Gasteiger partial charge in [-0.15, -0.1) is 0 Å². The SMILES string of the molecule is CC(C)CC=O.CNCCN1CC(C(=O)NC(C)CCc2ccc(Cl)c(Cl)c2)=C(O)C1=O. The van der Waals surface area contributed by atoms with Gasteiger partial charge in [0.05, 0.1) is 22.2 Å². The monoisotopic (exact) mass is 485 g/mol. The number of benzene rings is 1. The minimum Gasteiger partial charge on any atom is -0.503 e. The molecule has 0 aliphatic carbocycles. The van der Waals surface area contributed by atoms with Crippen LogP contribution in [0.1, 0.15) is 39.2 Å². The summed E-state index contributed by atoms with van der Waals surface area (Å²) in [7, 11) is 1.77. The van der Waals surface area contributed by atoms with Gasteiger partial charge in [0.2, 0.25) is 0 Å². The quantitative estimate of drug-likeness (QED) is 0.440. The van der Waals surface area contributed by atoms with Gasteiger partial charge in [0, 0.05) is 25.6 Å². The molecule has 1 aromatic rings. The van der Waals surface area contributed by atoms with Crippen LogP contribution in [-0.4, -0.2) is 60.8 Å². The summed E-state index contributed by atoms with van der Waals surface area (Å²) in [5.74, 6) is -0.851. The van der Waals surface area contributed by atoms with Gasteiger partial charge in [0.25, 0.3) is 11.8 Å². The van der Waals surface area contributed by atoms with E-state index in [0.717, 1.165) is 18.3 Å². The second kappa shape index (κ2) is 14.1. The van der Waals surface area contributed by atoms with E-state index in [1.54, 1.807) is 13.1 Å². The van der Waals surface area contributed by atoms with Crippen molar-refractivity contribution in [1.82, 2.24) is 15.5 Å². The van der Waals surface area contributed by atoms with E-state index < -0.39 is 17.6 Å². The summed E-state index contributed by atoms with van der Waals surface area (Å²) in [4.78, 5) is 35.4. The van der Waals surface area contributed by atoms with E-state index in [9.17, 15) is 19.5 Å². The van der Waals surface area contributed by atoms with E-state index >= 15 is 0 Å². The molecule has 2 amide bonds. The topological polar surface area (TPSA) is 98.7 Å². The maximum absolute atomic E-state index is 12.4. The third-order valence-corrected chi connectivity index (χ3v) is 5.56. The summed E-state index contributed by atoms with van der Waals surface area (Å²) >= 11 is 11.9. The van der Waals surface area contributed by atoms with Crippen LogP contribution in [0.5, 0.6) is 0 Å². The molecule has 0 saturated heterocycles. The molecule has 7 nitrogen and oxygen atoms in total. The highest BCUT2D eigenvalue weighted by Crippen LogP contribution is 2.23. The molecule has 3 N–H and O–H groups in total. The molecule has 0 saturated carbocycles. The van der Waals surface area contributed by atoms with Crippen LogP contribution in [0.2, 0.25) is 10.0 Å². The Morgan fingerprint density at radius 3 is 2.47 bits per heavy atom. The van der Waals surface area contributed by atoms with Crippen molar-refractivity contribution in [3.8, 4) is 0 Å². The Morgan fingerprint density at radius 1 is 1.25 bits per heavy atom. The molecule has 1 unspecified atom stereocenters. The number of hydrogen-bond acceptors (Lipinski definition) is 5. The minimum atomic E-state index is -0.506. The first kappa shape index (κ1) is 27.9. The van der Waals surface area contributed by atoms with Gasteiger partial charge >= 0.3 is 0 Å². The number of nitrogens with zero attached hydrogens (tertiary/aromatic N) is 1. The third-order valence-electron chi connectivity index (χ3n) is 4.83. The van der Waals surface area contributed by atoms with Gasteiger partial charge in [-0.05, 0) is 50.4 Å². The van der Waals surface area contributed by atoms with E-state index in [4.69, 9.17) is 23.2 Å². The molecule has 0 aromatic heterocycles. The lowest BCUT2D eigenvalue weighted by molar-refractivity contribution is -0.127. The highest BCUT2D eigenvalue weighted by molar-refractivity contribution is 6.42. The second-order valence-corrected chi connectivity index (χ2v) is 8.93. The van der Waals surface area contributed by atoms with Gasteiger partial charge in [0.15, 0.2) is 5.76 Å². The smallest absolute Gasteiger partial charge is 0.289 e. The van der Waals surface area contributed by atoms with Crippen molar-refractivity contribution in [3.63, 3.8) is 0 Å². The zero-order valence-electron chi connectivity index (χ0n) is 19.1. The molecule has 1 aromatic carbocycles. The summed E-state index contributed by atoms with van der Waals surface area (Å²) in [5, 5.41) is 16.7. The number of likely N-dealkylation sites (N-methyl/N-ethyl adjacent to an activating group) is 1. The average molecular weight is 486 g/mol. The number of carbonyl (C=O) groups excluding carboxylic acids is 3. The summed E-state index contributed by atoms with van der Waals surface area (Å²) < 4.78 is 0. The molecule has 178 valence electrons. The number of carbonyl (C=O) groups is 3. The molecular formula is C23H33Cl2N3O4. The Bertz CT molecular complexity index is 827. The van der Waals surface area contributed by atoms with Crippen LogP contribution in [0.4, 0.5) is 0 Å². The number of amides is 2. The number of rotatable bonds is 10. The molecule has 1 aliphatic heterocycles. The lowest BCUT2D eigenvalue weighted by Crippen LogP contribution is -2.37. The van der Waals surface area contributed by atoms with Crippen LogP contribution in [-0.2, 0) is 20.8 Å². The molecule has 2 rings (SSSR count). The van der Waals surface area contributed by atoms with Gasteiger partial charge in [-0.1, -0.05) is 43.1 Å². The Labute approximate surface area is 200 Å². The molecule has 32 heavy (non-hydrogen) atoms. The highest BCUT2D eigenvalue weighted by Gasteiger charge is 2.33. The fraction of sp³-hybridized carbons (Fsp3) is 0.522. The normalized spacial score (nSPS) is 14.3. The van der Waals surface area contributed by atoms with Gasteiger partial charge in [0.1, 0.15) is 6.29 Å². The number of aliphatic hydroxyl groups excluding tert-OH is 1. The fourth-order valence-corrected chi connectivity index (χ4v) is 3.20. The molecule has 0 bridgehead atoms. The number of aldehydes is 1. The summed E-state index contributed by atoms with van der Waals surface area (Å²) in [6.45, 7) is 7.07. The molecule has 1 atom stereocenters. The van der Waals surface area contributed by atoms with Crippen molar-refractivity contribution in [2.45, 2.75) is 46.1 Å². The first-order valence-electron chi connectivity index (χ1n) is 10.6. The maximum atomic E-state index is 12.4. The summed E-state index contributed by atoms with van der Waals surface area (Å²) in [5.41, 5.74) is 1.14. The molecule has 9 heteroatoms. The predicted octanol–water partition coefficient (Wildman–Crippen LogP) is 3.54. The summed E-state index contributed by atoms with van der Waals surface area (Å²) in [6, 6.07) is 5.32. The number of nitrogens with one attached hydrogen (secondary N) is 2. The van der Waals surface area contributed by atoms with Gasteiger partial charge in [-0.2, -0.15) is 0 Å². The zero-order valence-corrected chi connectivity index (χ0v) is 20.6. The van der Waals surface area contributed by atoms with Crippen LogP contribution in [0.3, 0.4) is 0 Å². The average Bonchev–Trinajstić information content (AvgIpc) is 3.02. The third kappa shape index (κ3) is 9.18. The molecule has 1 heterocycles. The Balaban J connectivity index is 0.000000751. The van der Waals surface area contributed by atoms with Crippen molar-refractivity contribution in [2.75, 3.05) is 26.7 Å². The van der Waals surface area contributed by atoms with Gasteiger partial charge < -0.3 is 25.4 Å². The van der Waals surface area contributed by atoms with E-state index in [2.05, 4.69) is 10.6 Å². The zero-order chi connectivity index (χ0) is 24.3. The maximum Gasteiger partial charge on any atom is 0.289 e. The number of aryl methyl sites for hydroxylation is 1. The van der Waals surface area contributed by atoms with Crippen LogP contribution < -0.4 is 10.6 Å². The van der Waals surface area contributed by atoms with Crippen molar-refractivity contribution in [1.29, 1.82) is 0 Å². The predicted molar refractivity (Wildman–Crippen MR) is 128 cm³/mol. The lowest BCUT2D eigenvalue weighted by atomic mass is 10.1. The number of hydrogen-bond donors (Lipinski definition) is 3. The van der Waals surface area contributed by atoms with E-state index in [1.165, 1.54) is 4.90 Å². The Kier molecular flexibility index (Phi) is 12.3. The summed E-state index contributed by atoms with van der Waals surface area (Å²) in [6.07, 6.45) is 3.05. The van der Waals surface area contributed by atoms with E-state index in [-0.39, 0.29) is 18.2 Å². The first-order chi connectivity index (χ1) is 15.1. The molecule has 0 spiro atoms. The van der Waals surface area contributed by atoms with Crippen molar-refractivity contribution >= 4 is 41.3 Å². The first-order valence-corrected chi connectivity index (χ1v) is 11.4. The highest BCUT2D eigenvalue weighted by atomic mass is 35.5. The lowest BCUT2D eigenvalue weighted by Gasteiger charge is -2.17. The van der Waals surface area contributed by atoms with Crippen LogP contribution in [0.15, 0.2) is 29.5 Å². The Hall–Kier alpha value is -2.09. The molecular weight excluding hydrogens is 453 g/mol. The van der Waals surface area contributed by atoms with E-state index in [1.807, 2.05) is 32.9 Å². The van der Waals surface area contributed by atoms with Crippen LogP contribution in [0, 0.1) is 5.92 Å². The van der Waals surface area contributed by atoms with Crippen molar-refractivity contribution < 1.29 is 19.5 Å². The minimum absolute atomic E-state index is 0.118. The number of aliphatic hydroxyl groups is 1. The number of halogens is 2. The van der Waals surface area contributed by atoms with Gasteiger partial charge in [-0.25, -0.2) is 0 Å². The van der Waals surface area contributed by atoms with Crippen LogP contribution in [0.25, 0.3) is 0 Å². The second-order valence-electron chi connectivity index (χ2n) is 8.12.